The van der Waals surface area contributed by atoms with Gasteiger partial charge in [0.1, 0.15) is 0 Å². The number of fused-ring (bicyclic) bond motifs is 1. The van der Waals surface area contributed by atoms with Gasteiger partial charge in [0.15, 0.2) is 17.5 Å². The molecule has 1 saturated carbocycles. The molecule has 1 aliphatic carbocycles. The predicted octanol–water partition coefficient (Wildman–Crippen LogP) is 3.33. The summed E-state index contributed by atoms with van der Waals surface area (Å²) in [5, 5.41) is 11.2. The highest BCUT2D eigenvalue weighted by Crippen LogP contribution is 2.43. The first-order valence-electron chi connectivity index (χ1n) is 10.0. The van der Waals surface area contributed by atoms with Crippen molar-refractivity contribution in [1.82, 2.24) is 20.4 Å². The van der Waals surface area contributed by atoms with Crippen molar-refractivity contribution in [3.8, 4) is 11.5 Å². The zero-order valence-corrected chi connectivity index (χ0v) is 19.4. The van der Waals surface area contributed by atoms with Gasteiger partial charge in [-0.15, -0.1) is 24.0 Å². The first-order valence-corrected chi connectivity index (χ1v) is 10.0. The second-order valence-corrected chi connectivity index (χ2v) is 7.63. The van der Waals surface area contributed by atoms with E-state index < -0.39 is 0 Å². The third-order valence-corrected chi connectivity index (χ3v) is 5.97. The molecule has 158 valence electrons. The van der Waals surface area contributed by atoms with E-state index in [1.165, 1.54) is 37.7 Å². The van der Waals surface area contributed by atoms with Crippen molar-refractivity contribution >= 4 is 29.9 Å². The number of hydrogen-bond acceptors (Lipinski definition) is 4. The minimum Gasteiger partial charge on any atom is -0.454 e. The normalized spacial score (nSPS) is 17.5. The predicted molar refractivity (Wildman–Crippen MR) is 124 cm³/mol. The van der Waals surface area contributed by atoms with Crippen LogP contribution in [0.3, 0.4) is 0 Å². The van der Waals surface area contributed by atoms with Gasteiger partial charge in [-0.25, -0.2) is 0 Å². The average molecular weight is 511 g/mol. The molecule has 2 N–H and O–H groups in total. The second-order valence-electron chi connectivity index (χ2n) is 7.63. The summed E-state index contributed by atoms with van der Waals surface area (Å²) in [6, 6.07) is 8.42. The molecule has 0 unspecified atom stereocenters. The zero-order chi connectivity index (χ0) is 19.4. The molecular weight excluding hydrogens is 481 g/mol. The number of aliphatic imine (C=N–C) groups is 1. The van der Waals surface area contributed by atoms with Gasteiger partial charge in [-0.3, -0.25) is 9.67 Å². The van der Waals surface area contributed by atoms with E-state index in [0.29, 0.717) is 13.3 Å². The summed E-state index contributed by atoms with van der Waals surface area (Å²) in [4.78, 5) is 4.40. The Morgan fingerprint density at radius 1 is 1.14 bits per heavy atom. The van der Waals surface area contributed by atoms with Gasteiger partial charge in [0.05, 0.1) is 12.2 Å². The van der Waals surface area contributed by atoms with E-state index in [2.05, 4.69) is 32.9 Å². The van der Waals surface area contributed by atoms with Crippen LogP contribution in [0.5, 0.6) is 11.5 Å². The molecule has 0 saturated heterocycles. The zero-order valence-electron chi connectivity index (χ0n) is 17.1. The van der Waals surface area contributed by atoms with Crippen LogP contribution in [0.15, 0.2) is 35.5 Å². The van der Waals surface area contributed by atoms with Crippen molar-refractivity contribution in [2.75, 3.05) is 20.4 Å². The van der Waals surface area contributed by atoms with Crippen LogP contribution in [0.2, 0.25) is 0 Å². The summed E-state index contributed by atoms with van der Waals surface area (Å²) in [5.74, 6) is 2.52. The highest BCUT2D eigenvalue weighted by molar-refractivity contribution is 14.0. The van der Waals surface area contributed by atoms with E-state index in [4.69, 9.17) is 9.47 Å². The molecule has 0 bridgehead atoms. The monoisotopic (exact) mass is 511 g/mol. The molecule has 0 amide bonds. The Labute approximate surface area is 189 Å². The minimum absolute atomic E-state index is 0. The SMILES string of the molecule is CN=C(NCc1ccnn1C)NCC1(c2ccc3c(c2)OCO3)CCCCC1.I. The largest absolute Gasteiger partial charge is 0.454 e. The second kappa shape index (κ2) is 9.69. The fourth-order valence-electron chi connectivity index (χ4n) is 4.25. The highest BCUT2D eigenvalue weighted by atomic mass is 127. The minimum atomic E-state index is 0. The summed E-state index contributed by atoms with van der Waals surface area (Å²) < 4.78 is 13.0. The lowest BCUT2D eigenvalue weighted by atomic mass is 9.69. The fraction of sp³-hybridized carbons (Fsp3) is 0.524. The van der Waals surface area contributed by atoms with Gasteiger partial charge in [-0.2, -0.15) is 5.10 Å². The lowest BCUT2D eigenvalue weighted by Crippen LogP contribution is -2.46. The third kappa shape index (κ3) is 4.79. The first kappa shape index (κ1) is 21.7. The molecule has 1 aliphatic heterocycles. The van der Waals surface area contributed by atoms with Crippen LogP contribution in [0.4, 0.5) is 0 Å². The van der Waals surface area contributed by atoms with Crippen molar-refractivity contribution in [1.29, 1.82) is 0 Å². The van der Waals surface area contributed by atoms with Crippen molar-refractivity contribution in [3.63, 3.8) is 0 Å². The van der Waals surface area contributed by atoms with Crippen LogP contribution in [0.1, 0.15) is 43.4 Å². The Kier molecular flexibility index (Phi) is 7.26. The van der Waals surface area contributed by atoms with Crippen LogP contribution in [-0.2, 0) is 19.0 Å². The molecule has 0 atom stereocenters. The van der Waals surface area contributed by atoms with Crippen LogP contribution >= 0.6 is 24.0 Å². The number of benzene rings is 1. The summed E-state index contributed by atoms with van der Waals surface area (Å²) in [6.45, 7) is 1.85. The summed E-state index contributed by atoms with van der Waals surface area (Å²) in [6.07, 6.45) is 7.94. The fourth-order valence-corrected chi connectivity index (χ4v) is 4.25. The van der Waals surface area contributed by atoms with Gasteiger partial charge in [0.2, 0.25) is 6.79 Å². The van der Waals surface area contributed by atoms with Crippen LogP contribution < -0.4 is 20.1 Å². The topological polar surface area (TPSA) is 72.7 Å². The van der Waals surface area contributed by atoms with Crippen molar-refractivity contribution < 1.29 is 9.47 Å². The van der Waals surface area contributed by atoms with E-state index in [1.807, 2.05) is 37.1 Å². The Hall–Kier alpha value is -1.97. The number of aryl methyl sites for hydroxylation is 1. The van der Waals surface area contributed by atoms with E-state index in [1.54, 1.807) is 0 Å². The molecule has 2 heterocycles. The van der Waals surface area contributed by atoms with Gasteiger partial charge in [-0.1, -0.05) is 25.3 Å². The molecule has 4 rings (SSSR count). The molecule has 1 aromatic heterocycles. The summed E-state index contributed by atoms with van der Waals surface area (Å²) in [7, 11) is 3.76. The number of hydrogen-bond donors (Lipinski definition) is 2. The Bertz CT molecular complexity index is 845. The maximum atomic E-state index is 5.63. The van der Waals surface area contributed by atoms with Crippen molar-refractivity contribution in [2.24, 2.45) is 12.0 Å². The molecule has 1 fully saturated rings. The Morgan fingerprint density at radius 2 is 1.93 bits per heavy atom. The van der Waals surface area contributed by atoms with Gasteiger partial charge >= 0.3 is 0 Å². The molecule has 7 nitrogen and oxygen atoms in total. The number of aromatic nitrogens is 2. The number of ether oxygens (including phenoxy) is 2. The molecule has 1 aromatic carbocycles. The lowest BCUT2D eigenvalue weighted by Gasteiger charge is -2.38. The number of nitrogens with one attached hydrogen (secondary N) is 2. The smallest absolute Gasteiger partial charge is 0.231 e. The van der Waals surface area contributed by atoms with Gasteiger partial charge in [0, 0.05) is 32.3 Å². The van der Waals surface area contributed by atoms with E-state index in [-0.39, 0.29) is 29.4 Å². The van der Waals surface area contributed by atoms with Gasteiger partial charge in [0.25, 0.3) is 0 Å². The van der Waals surface area contributed by atoms with Crippen LogP contribution in [0, 0.1) is 0 Å². The van der Waals surface area contributed by atoms with Crippen molar-refractivity contribution in [2.45, 2.75) is 44.1 Å². The molecule has 0 radical (unpaired) electrons. The van der Waals surface area contributed by atoms with Gasteiger partial charge < -0.3 is 20.1 Å². The number of rotatable bonds is 5. The van der Waals surface area contributed by atoms with E-state index in [9.17, 15) is 0 Å². The van der Waals surface area contributed by atoms with E-state index >= 15 is 0 Å². The molecular formula is C21H30IN5O2. The maximum Gasteiger partial charge on any atom is 0.231 e. The number of guanidine groups is 1. The molecule has 29 heavy (non-hydrogen) atoms. The quantitative estimate of drug-likeness (QED) is 0.366. The van der Waals surface area contributed by atoms with E-state index in [0.717, 1.165) is 29.7 Å². The third-order valence-electron chi connectivity index (χ3n) is 5.97. The first-order chi connectivity index (χ1) is 13.7. The maximum absolute atomic E-state index is 5.63. The molecule has 2 aliphatic rings. The Balaban J connectivity index is 0.00000240. The van der Waals surface area contributed by atoms with Crippen LogP contribution in [-0.4, -0.2) is 36.1 Å². The highest BCUT2D eigenvalue weighted by Gasteiger charge is 2.35. The molecule has 2 aromatic rings. The molecule has 0 spiro atoms. The average Bonchev–Trinajstić information content (AvgIpc) is 3.37. The van der Waals surface area contributed by atoms with Crippen LogP contribution in [0.25, 0.3) is 0 Å². The number of halogens is 1. The van der Waals surface area contributed by atoms with Crippen molar-refractivity contribution in [3.05, 3.63) is 41.7 Å². The standard InChI is InChI=1S/C21H29N5O2.HI/c1-22-20(23-13-17-8-11-25-26(17)2)24-14-21(9-4-3-5-10-21)16-6-7-18-19(12-16)28-15-27-18;/h6-8,11-12H,3-5,9-10,13-15H2,1-2H3,(H2,22,23,24);1H. The summed E-state index contributed by atoms with van der Waals surface area (Å²) in [5.41, 5.74) is 2.53. The van der Waals surface area contributed by atoms with Gasteiger partial charge in [-0.05, 0) is 36.6 Å². The lowest BCUT2D eigenvalue weighted by molar-refractivity contribution is 0.174. The summed E-state index contributed by atoms with van der Waals surface area (Å²) >= 11 is 0. The Morgan fingerprint density at radius 3 is 2.66 bits per heavy atom. The molecule has 8 heteroatoms. The number of nitrogens with zero attached hydrogens (tertiary/aromatic N) is 3.